The number of anilines is 1. The molecule has 6 heteroatoms. The second-order valence-corrected chi connectivity index (χ2v) is 7.12. The van der Waals surface area contributed by atoms with E-state index in [4.69, 9.17) is 4.52 Å². The number of rotatable bonds is 7. The molecule has 0 spiro atoms. The average Bonchev–Trinajstić information content (AvgIpc) is 3.10. The van der Waals surface area contributed by atoms with Crippen molar-refractivity contribution < 1.29 is 4.52 Å². The van der Waals surface area contributed by atoms with Crippen LogP contribution in [0.4, 0.5) is 6.01 Å². The number of likely N-dealkylation sites (N-methyl/N-ethyl adjacent to an activating group) is 1. The van der Waals surface area contributed by atoms with Crippen LogP contribution < -0.4 is 5.32 Å². The molecule has 0 bridgehead atoms. The van der Waals surface area contributed by atoms with Crippen LogP contribution in [0, 0.1) is 0 Å². The van der Waals surface area contributed by atoms with E-state index < -0.39 is 0 Å². The van der Waals surface area contributed by atoms with Gasteiger partial charge in [-0.25, -0.2) is 0 Å². The van der Waals surface area contributed by atoms with E-state index in [1.807, 2.05) is 0 Å². The molecule has 1 aromatic carbocycles. The Balaban J connectivity index is 1.50. The highest BCUT2D eigenvalue weighted by Gasteiger charge is 2.25. The Kier molecular flexibility index (Phi) is 6.04. The van der Waals surface area contributed by atoms with Crippen molar-refractivity contribution >= 4 is 6.01 Å². The topological polar surface area (TPSA) is 57.4 Å². The summed E-state index contributed by atoms with van der Waals surface area (Å²) in [6.45, 7) is 9.34. The molecule has 0 aliphatic carbocycles. The number of hydrogen-bond donors (Lipinski definition) is 1. The zero-order valence-electron chi connectivity index (χ0n) is 15.5. The Hall–Kier alpha value is -1.92. The monoisotopic (exact) mass is 343 g/mol. The molecule has 1 atom stereocenters. The van der Waals surface area contributed by atoms with Crippen LogP contribution in [0.3, 0.4) is 0 Å². The normalized spacial score (nSPS) is 19.4. The summed E-state index contributed by atoms with van der Waals surface area (Å²) in [5.41, 5.74) is 1.40. The molecule has 0 saturated carbocycles. The number of piperazine rings is 1. The Labute approximate surface area is 150 Å². The molecule has 0 radical (unpaired) electrons. The zero-order chi connectivity index (χ0) is 17.6. The van der Waals surface area contributed by atoms with Crippen molar-refractivity contribution in [1.29, 1.82) is 0 Å². The first-order chi connectivity index (χ1) is 12.1. The number of nitrogens with one attached hydrogen (secondary N) is 1. The van der Waals surface area contributed by atoms with E-state index in [-0.39, 0.29) is 5.92 Å². The number of aromatic nitrogens is 2. The van der Waals surface area contributed by atoms with Crippen LogP contribution in [0.5, 0.6) is 0 Å². The van der Waals surface area contributed by atoms with Gasteiger partial charge in [-0.2, -0.15) is 4.98 Å². The third-order valence-corrected chi connectivity index (χ3v) is 4.74. The lowest BCUT2D eigenvalue weighted by Gasteiger charge is -2.40. The Morgan fingerprint density at radius 2 is 2.04 bits per heavy atom. The molecule has 3 rings (SSSR count). The van der Waals surface area contributed by atoms with Crippen LogP contribution in [0.15, 0.2) is 34.9 Å². The van der Waals surface area contributed by atoms with E-state index in [2.05, 4.69) is 76.5 Å². The quantitative estimate of drug-likeness (QED) is 0.780. The van der Waals surface area contributed by atoms with Crippen LogP contribution in [0.1, 0.15) is 43.6 Å². The van der Waals surface area contributed by atoms with Gasteiger partial charge in [0.15, 0.2) is 5.82 Å². The van der Waals surface area contributed by atoms with E-state index in [9.17, 15) is 0 Å². The number of benzene rings is 1. The Morgan fingerprint density at radius 3 is 2.76 bits per heavy atom. The molecule has 1 fully saturated rings. The van der Waals surface area contributed by atoms with Gasteiger partial charge in [-0.05, 0) is 19.0 Å². The van der Waals surface area contributed by atoms with E-state index in [1.54, 1.807) is 0 Å². The van der Waals surface area contributed by atoms with Crippen LogP contribution in [-0.4, -0.2) is 59.7 Å². The van der Waals surface area contributed by atoms with E-state index in [1.165, 1.54) is 5.56 Å². The third-order valence-electron chi connectivity index (χ3n) is 4.74. The summed E-state index contributed by atoms with van der Waals surface area (Å²) in [7, 11) is 2.21. The van der Waals surface area contributed by atoms with Crippen LogP contribution >= 0.6 is 0 Å². The van der Waals surface area contributed by atoms with Crippen LogP contribution in [0.25, 0.3) is 0 Å². The van der Waals surface area contributed by atoms with Gasteiger partial charge in [-0.1, -0.05) is 49.3 Å². The maximum absolute atomic E-state index is 5.23. The summed E-state index contributed by atoms with van der Waals surface area (Å²) in [5.74, 6) is 1.04. The fraction of sp³-hybridized carbons (Fsp3) is 0.579. The summed E-state index contributed by atoms with van der Waals surface area (Å²) in [6.07, 6.45) is 1.05. The van der Waals surface area contributed by atoms with Gasteiger partial charge in [-0.15, -0.1) is 0 Å². The predicted molar refractivity (Wildman–Crippen MR) is 99.7 cm³/mol. The lowest BCUT2D eigenvalue weighted by atomic mass is 10.0. The Morgan fingerprint density at radius 1 is 1.24 bits per heavy atom. The lowest BCUT2D eigenvalue weighted by molar-refractivity contribution is 0.0896. The van der Waals surface area contributed by atoms with Crippen molar-refractivity contribution in [1.82, 2.24) is 19.9 Å². The average molecular weight is 343 g/mol. The smallest absolute Gasteiger partial charge is 0.321 e. The van der Waals surface area contributed by atoms with Crippen molar-refractivity contribution in [2.75, 3.05) is 45.1 Å². The highest BCUT2D eigenvalue weighted by atomic mass is 16.5. The van der Waals surface area contributed by atoms with Crippen molar-refractivity contribution in [2.45, 2.75) is 32.2 Å². The molecule has 1 saturated heterocycles. The van der Waals surface area contributed by atoms with E-state index in [0.717, 1.165) is 45.0 Å². The van der Waals surface area contributed by atoms with Crippen LogP contribution in [0.2, 0.25) is 0 Å². The van der Waals surface area contributed by atoms with Gasteiger partial charge in [0.2, 0.25) is 0 Å². The van der Waals surface area contributed by atoms with E-state index in [0.29, 0.717) is 12.1 Å². The van der Waals surface area contributed by atoms with Crippen molar-refractivity contribution in [3.63, 3.8) is 0 Å². The first-order valence-electron chi connectivity index (χ1n) is 9.18. The molecule has 1 aliphatic rings. The molecule has 25 heavy (non-hydrogen) atoms. The van der Waals surface area contributed by atoms with Gasteiger partial charge >= 0.3 is 6.01 Å². The second kappa shape index (κ2) is 8.45. The first kappa shape index (κ1) is 17.9. The molecule has 1 aliphatic heterocycles. The van der Waals surface area contributed by atoms with Gasteiger partial charge in [0.05, 0.1) is 0 Å². The maximum Gasteiger partial charge on any atom is 0.321 e. The van der Waals surface area contributed by atoms with E-state index >= 15 is 0 Å². The fourth-order valence-electron chi connectivity index (χ4n) is 3.23. The van der Waals surface area contributed by atoms with Gasteiger partial charge in [0.1, 0.15) is 0 Å². The molecule has 2 aromatic rings. The number of nitrogens with zero attached hydrogens (tertiary/aromatic N) is 4. The fourth-order valence-corrected chi connectivity index (χ4v) is 3.23. The molecule has 6 nitrogen and oxygen atoms in total. The SMILES string of the molecule is CC(C)c1noc(NCCCN2CCN(C)CC2c2ccccc2)n1. The molecule has 136 valence electrons. The van der Waals surface area contributed by atoms with Crippen molar-refractivity contribution in [3.8, 4) is 0 Å². The minimum atomic E-state index is 0.288. The van der Waals surface area contributed by atoms with Crippen molar-refractivity contribution in [2.24, 2.45) is 0 Å². The molecule has 0 amide bonds. The standard InChI is InChI=1S/C19H29N5O/c1-15(2)18-21-19(25-22-18)20-10-7-11-24-13-12-23(3)14-17(24)16-8-5-4-6-9-16/h4-6,8-9,15,17H,7,10-14H2,1-3H3,(H,20,21,22). The lowest BCUT2D eigenvalue weighted by Crippen LogP contribution is -2.47. The minimum absolute atomic E-state index is 0.288. The zero-order valence-corrected chi connectivity index (χ0v) is 15.5. The summed E-state index contributed by atoms with van der Waals surface area (Å²) in [4.78, 5) is 9.36. The molecular weight excluding hydrogens is 314 g/mol. The van der Waals surface area contributed by atoms with Gasteiger partial charge in [-0.3, -0.25) is 4.90 Å². The minimum Gasteiger partial charge on any atom is -0.338 e. The highest BCUT2D eigenvalue weighted by molar-refractivity contribution is 5.20. The molecule has 1 unspecified atom stereocenters. The van der Waals surface area contributed by atoms with Gasteiger partial charge < -0.3 is 14.7 Å². The first-order valence-corrected chi connectivity index (χ1v) is 9.18. The van der Waals surface area contributed by atoms with Gasteiger partial charge in [0.25, 0.3) is 0 Å². The molecular formula is C19H29N5O. The van der Waals surface area contributed by atoms with Crippen molar-refractivity contribution in [3.05, 3.63) is 41.7 Å². The summed E-state index contributed by atoms with van der Waals surface area (Å²) in [5, 5.41) is 7.23. The van der Waals surface area contributed by atoms with Crippen LogP contribution in [-0.2, 0) is 0 Å². The summed E-state index contributed by atoms with van der Waals surface area (Å²) >= 11 is 0. The molecule has 2 heterocycles. The Bertz CT molecular complexity index is 642. The summed E-state index contributed by atoms with van der Waals surface area (Å²) in [6, 6.07) is 11.8. The third kappa shape index (κ3) is 4.80. The number of hydrogen-bond acceptors (Lipinski definition) is 6. The second-order valence-electron chi connectivity index (χ2n) is 7.12. The predicted octanol–water partition coefficient (Wildman–Crippen LogP) is 2.98. The summed E-state index contributed by atoms with van der Waals surface area (Å²) < 4.78 is 5.23. The van der Waals surface area contributed by atoms with Gasteiger partial charge in [0, 0.05) is 44.7 Å². The maximum atomic E-state index is 5.23. The molecule has 1 aromatic heterocycles. The molecule has 1 N–H and O–H groups in total. The highest BCUT2D eigenvalue weighted by Crippen LogP contribution is 2.24. The largest absolute Gasteiger partial charge is 0.338 e.